The molecular weight excluding hydrogens is 383 g/mol. The first-order valence-electron chi connectivity index (χ1n) is 8.73. The number of anilines is 2. The molecule has 0 aliphatic heterocycles. The highest BCUT2D eigenvalue weighted by atomic mass is 32.2. The van der Waals surface area contributed by atoms with E-state index in [0.29, 0.717) is 28.9 Å². The first kappa shape index (κ1) is 18.4. The molecule has 4 rings (SSSR count). The zero-order chi connectivity index (χ0) is 19.9. The first-order chi connectivity index (χ1) is 13.4. The summed E-state index contributed by atoms with van der Waals surface area (Å²) in [5.41, 5.74) is 1.58. The number of aromatic amines is 1. The molecular formula is C18H19FN6O2S. The summed E-state index contributed by atoms with van der Waals surface area (Å²) in [7, 11) is -1.90. The number of hydrogen-bond acceptors (Lipinski definition) is 6. The molecule has 28 heavy (non-hydrogen) atoms. The molecule has 3 N–H and O–H groups in total. The second-order valence-corrected chi connectivity index (χ2v) is 8.43. The number of benzene rings is 1. The maximum absolute atomic E-state index is 15.1. The average molecular weight is 402 g/mol. The van der Waals surface area contributed by atoms with Crippen LogP contribution in [-0.4, -0.2) is 41.7 Å². The Bertz CT molecular complexity index is 1140. The van der Waals surface area contributed by atoms with E-state index in [1.54, 1.807) is 31.4 Å². The Hall–Kier alpha value is -3.01. The monoisotopic (exact) mass is 402 g/mol. The molecule has 0 spiro atoms. The van der Waals surface area contributed by atoms with Crippen LogP contribution in [0.3, 0.4) is 0 Å². The molecule has 8 nitrogen and oxygen atoms in total. The van der Waals surface area contributed by atoms with E-state index in [1.807, 2.05) is 0 Å². The molecule has 1 fully saturated rings. The SMILES string of the molecule is CNc1nccc(-c2[nH]c(C3CC3)nc2-c2cccc(NS(C)(=O)=O)c2F)n1. The van der Waals surface area contributed by atoms with Gasteiger partial charge in [-0.1, -0.05) is 6.07 Å². The number of nitrogens with one attached hydrogen (secondary N) is 3. The van der Waals surface area contributed by atoms with Gasteiger partial charge in [0.05, 0.1) is 23.3 Å². The highest BCUT2D eigenvalue weighted by Crippen LogP contribution is 2.42. The van der Waals surface area contributed by atoms with Crippen LogP contribution in [0.2, 0.25) is 0 Å². The molecule has 3 aromatic rings. The number of imidazole rings is 1. The molecule has 0 radical (unpaired) electrons. The van der Waals surface area contributed by atoms with Crippen LogP contribution >= 0.6 is 0 Å². The quantitative estimate of drug-likeness (QED) is 0.584. The van der Waals surface area contributed by atoms with Crippen LogP contribution in [0.4, 0.5) is 16.0 Å². The highest BCUT2D eigenvalue weighted by Gasteiger charge is 2.30. The van der Waals surface area contributed by atoms with E-state index >= 15 is 4.39 Å². The van der Waals surface area contributed by atoms with Crippen molar-refractivity contribution < 1.29 is 12.8 Å². The molecule has 0 bridgehead atoms. The van der Waals surface area contributed by atoms with Gasteiger partial charge >= 0.3 is 0 Å². The number of aromatic nitrogens is 4. The largest absolute Gasteiger partial charge is 0.357 e. The van der Waals surface area contributed by atoms with Crippen molar-refractivity contribution in [2.75, 3.05) is 23.3 Å². The van der Waals surface area contributed by atoms with Gasteiger partial charge in [-0.2, -0.15) is 0 Å². The topological polar surface area (TPSA) is 113 Å². The van der Waals surface area contributed by atoms with Crippen molar-refractivity contribution >= 4 is 21.7 Å². The van der Waals surface area contributed by atoms with Gasteiger partial charge in [-0.15, -0.1) is 0 Å². The lowest BCUT2D eigenvalue weighted by Crippen LogP contribution is -2.11. The van der Waals surface area contributed by atoms with Crippen LogP contribution in [0.25, 0.3) is 22.6 Å². The van der Waals surface area contributed by atoms with E-state index in [9.17, 15) is 8.42 Å². The third kappa shape index (κ3) is 3.68. The zero-order valence-corrected chi connectivity index (χ0v) is 16.1. The van der Waals surface area contributed by atoms with E-state index in [1.165, 1.54) is 6.07 Å². The van der Waals surface area contributed by atoms with Crippen molar-refractivity contribution in [3.05, 3.63) is 42.1 Å². The summed E-state index contributed by atoms with van der Waals surface area (Å²) < 4.78 is 40.4. The van der Waals surface area contributed by atoms with Crippen molar-refractivity contribution in [2.45, 2.75) is 18.8 Å². The van der Waals surface area contributed by atoms with Crippen molar-refractivity contribution in [1.29, 1.82) is 0 Å². The minimum absolute atomic E-state index is 0.125. The molecule has 1 aromatic carbocycles. The fourth-order valence-electron chi connectivity index (χ4n) is 2.93. The van der Waals surface area contributed by atoms with Crippen molar-refractivity contribution in [2.24, 2.45) is 0 Å². The third-order valence-electron chi connectivity index (χ3n) is 4.37. The number of sulfonamides is 1. The summed E-state index contributed by atoms with van der Waals surface area (Å²) in [6, 6.07) is 6.24. The minimum atomic E-state index is -3.62. The van der Waals surface area contributed by atoms with Crippen molar-refractivity contribution in [3.63, 3.8) is 0 Å². The Kier molecular flexibility index (Phi) is 4.50. The molecule has 1 saturated carbocycles. The number of H-pyrrole nitrogens is 1. The molecule has 0 atom stereocenters. The lowest BCUT2D eigenvalue weighted by atomic mass is 10.1. The maximum atomic E-state index is 15.1. The standard InChI is InChI=1S/C18H19FN6O2S/c1-20-18-21-9-8-13(22-18)16-15(23-17(24-16)10-6-7-10)11-4-3-5-12(14(11)19)25-28(2,26)27/h3-5,8-10,25H,6-7H2,1-2H3,(H,23,24)(H,20,21,22). The molecule has 0 unspecified atom stereocenters. The van der Waals surface area contributed by atoms with Gasteiger partial charge in [0.2, 0.25) is 16.0 Å². The van der Waals surface area contributed by atoms with Gasteiger partial charge in [-0.25, -0.2) is 27.8 Å². The van der Waals surface area contributed by atoms with Crippen LogP contribution in [0.1, 0.15) is 24.6 Å². The van der Waals surface area contributed by atoms with Crippen LogP contribution < -0.4 is 10.0 Å². The van der Waals surface area contributed by atoms with Crippen LogP contribution in [0, 0.1) is 5.82 Å². The maximum Gasteiger partial charge on any atom is 0.229 e. The minimum Gasteiger partial charge on any atom is -0.357 e. The van der Waals surface area contributed by atoms with E-state index in [-0.39, 0.29) is 11.3 Å². The number of rotatable bonds is 6. The molecule has 0 amide bonds. The lowest BCUT2D eigenvalue weighted by Gasteiger charge is -2.09. The Balaban J connectivity index is 1.87. The summed E-state index contributed by atoms with van der Waals surface area (Å²) in [6.45, 7) is 0. The van der Waals surface area contributed by atoms with Gasteiger partial charge in [-0.3, -0.25) is 4.72 Å². The molecule has 1 aliphatic carbocycles. The van der Waals surface area contributed by atoms with Gasteiger partial charge in [0.25, 0.3) is 0 Å². The number of hydrogen-bond donors (Lipinski definition) is 3. The molecule has 10 heteroatoms. The first-order valence-corrected chi connectivity index (χ1v) is 10.6. The van der Waals surface area contributed by atoms with Gasteiger partial charge in [-0.05, 0) is 31.0 Å². The van der Waals surface area contributed by atoms with E-state index < -0.39 is 15.8 Å². The predicted octanol–water partition coefficient (Wildman–Crippen LogP) is 2.96. The van der Waals surface area contributed by atoms with E-state index in [2.05, 4.69) is 30.0 Å². The second kappa shape index (κ2) is 6.86. The van der Waals surface area contributed by atoms with E-state index in [4.69, 9.17) is 0 Å². The molecule has 0 saturated heterocycles. The molecule has 146 valence electrons. The fourth-order valence-corrected chi connectivity index (χ4v) is 3.49. The van der Waals surface area contributed by atoms with Gasteiger partial charge in [0, 0.05) is 24.7 Å². The van der Waals surface area contributed by atoms with E-state index in [0.717, 1.165) is 24.9 Å². The van der Waals surface area contributed by atoms with Crippen molar-refractivity contribution in [3.8, 4) is 22.6 Å². The fraction of sp³-hybridized carbons (Fsp3) is 0.278. The predicted molar refractivity (Wildman–Crippen MR) is 105 cm³/mol. The van der Waals surface area contributed by atoms with Gasteiger partial charge < -0.3 is 10.3 Å². The Morgan fingerprint density at radius 1 is 1.21 bits per heavy atom. The van der Waals surface area contributed by atoms with Crippen LogP contribution in [0.5, 0.6) is 0 Å². The van der Waals surface area contributed by atoms with Crippen LogP contribution in [0.15, 0.2) is 30.5 Å². The summed E-state index contributed by atoms with van der Waals surface area (Å²) >= 11 is 0. The molecule has 1 aliphatic rings. The Morgan fingerprint density at radius 2 is 2.00 bits per heavy atom. The Labute approximate surface area is 161 Å². The van der Waals surface area contributed by atoms with Crippen molar-refractivity contribution in [1.82, 2.24) is 19.9 Å². The Morgan fingerprint density at radius 3 is 2.68 bits per heavy atom. The average Bonchev–Trinajstić information content (AvgIpc) is 3.41. The third-order valence-corrected chi connectivity index (χ3v) is 4.96. The highest BCUT2D eigenvalue weighted by molar-refractivity contribution is 7.92. The number of halogens is 1. The summed E-state index contributed by atoms with van der Waals surface area (Å²) in [5.74, 6) is 0.832. The second-order valence-electron chi connectivity index (χ2n) is 6.68. The smallest absolute Gasteiger partial charge is 0.229 e. The van der Waals surface area contributed by atoms with Crippen LogP contribution in [-0.2, 0) is 10.0 Å². The summed E-state index contributed by atoms with van der Waals surface area (Å²) in [4.78, 5) is 16.4. The van der Waals surface area contributed by atoms with Gasteiger partial charge in [0.15, 0.2) is 5.82 Å². The summed E-state index contributed by atoms with van der Waals surface area (Å²) in [5, 5.41) is 2.88. The molecule has 2 heterocycles. The summed E-state index contributed by atoms with van der Waals surface area (Å²) in [6.07, 6.45) is 4.63. The molecule has 2 aromatic heterocycles. The lowest BCUT2D eigenvalue weighted by molar-refractivity contribution is 0.604. The zero-order valence-electron chi connectivity index (χ0n) is 15.3. The van der Waals surface area contributed by atoms with Gasteiger partial charge in [0.1, 0.15) is 11.5 Å². The normalized spacial score (nSPS) is 14.1. The number of nitrogens with zero attached hydrogens (tertiary/aromatic N) is 3.